The maximum Gasteiger partial charge on any atom is 0.118 e. The first-order valence-corrected chi connectivity index (χ1v) is 7.29. The predicted octanol–water partition coefficient (Wildman–Crippen LogP) is 2.69. The van der Waals surface area contributed by atoms with E-state index in [2.05, 4.69) is 5.32 Å². The zero-order chi connectivity index (χ0) is 14.3. The van der Waals surface area contributed by atoms with E-state index in [4.69, 9.17) is 9.29 Å². The summed E-state index contributed by atoms with van der Waals surface area (Å²) in [5, 5.41) is 13.7. The molecule has 0 saturated carbocycles. The van der Waals surface area contributed by atoms with Crippen LogP contribution in [0.15, 0.2) is 24.3 Å². The number of benzene rings is 1. The van der Waals surface area contributed by atoms with Crippen LogP contribution in [0.25, 0.3) is 0 Å². The monoisotopic (exact) mass is 285 g/mol. The average molecular weight is 285 g/mol. The summed E-state index contributed by atoms with van der Waals surface area (Å²) < 4.78 is 13.8. The minimum atomic E-state index is -0.597. The maximum absolute atomic E-state index is 10.4. The summed E-state index contributed by atoms with van der Waals surface area (Å²) in [5.41, 5.74) is 0.434. The molecule has 5 heteroatoms. The van der Waals surface area contributed by atoms with Gasteiger partial charge in [-0.25, -0.2) is 0 Å². The number of hydrogen-bond donors (Lipinski definition) is 3. The molecule has 4 nitrogen and oxygen atoms in total. The van der Waals surface area contributed by atoms with E-state index in [9.17, 15) is 5.11 Å². The summed E-state index contributed by atoms with van der Waals surface area (Å²) in [6, 6.07) is 7.43. The van der Waals surface area contributed by atoms with Gasteiger partial charge in [0.15, 0.2) is 0 Å². The van der Waals surface area contributed by atoms with Crippen molar-refractivity contribution in [2.45, 2.75) is 31.9 Å². The number of aliphatic hydroxyl groups is 1. The standard InChI is InChI=1S/C14H23NO3S/c1-14(2,15-9-4-10-19-17)13(16)11-5-7-12(18-3)8-6-11/h5-8,13,15-17H,4,9-10H2,1-3H3. The molecule has 0 heterocycles. The second-order valence-electron chi connectivity index (χ2n) is 5.01. The van der Waals surface area contributed by atoms with Gasteiger partial charge in [-0.1, -0.05) is 12.1 Å². The zero-order valence-electron chi connectivity index (χ0n) is 11.7. The quantitative estimate of drug-likeness (QED) is 0.506. The third-order valence-corrected chi connectivity index (χ3v) is 3.58. The van der Waals surface area contributed by atoms with Gasteiger partial charge in [0, 0.05) is 11.3 Å². The van der Waals surface area contributed by atoms with E-state index in [0.717, 1.165) is 36.3 Å². The Balaban J connectivity index is 2.59. The number of hydrogen-bond acceptors (Lipinski definition) is 5. The molecule has 1 rings (SSSR count). The molecule has 1 aromatic carbocycles. The molecular formula is C14H23NO3S. The van der Waals surface area contributed by atoms with Crippen molar-refractivity contribution in [1.29, 1.82) is 0 Å². The van der Waals surface area contributed by atoms with Gasteiger partial charge in [0.05, 0.1) is 13.2 Å². The lowest BCUT2D eigenvalue weighted by Crippen LogP contribution is -2.45. The van der Waals surface area contributed by atoms with E-state index in [1.54, 1.807) is 7.11 Å². The van der Waals surface area contributed by atoms with Gasteiger partial charge in [-0.3, -0.25) is 0 Å². The predicted molar refractivity (Wildman–Crippen MR) is 79.7 cm³/mol. The van der Waals surface area contributed by atoms with Gasteiger partial charge >= 0.3 is 0 Å². The van der Waals surface area contributed by atoms with Gasteiger partial charge in [0.25, 0.3) is 0 Å². The van der Waals surface area contributed by atoms with Crippen LogP contribution in [0.3, 0.4) is 0 Å². The van der Waals surface area contributed by atoms with E-state index in [1.807, 2.05) is 38.1 Å². The molecule has 1 atom stereocenters. The second kappa shape index (κ2) is 7.75. The van der Waals surface area contributed by atoms with Crippen molar-refractivity contribution in [3.63, 3.8) is 0 Å². The molecular weight excluding hydrogens is 262 g/mol. The van der Waals surface area contributed by atoms with Gasteiger partial charge in [-0.2, -0.15) is 0 Å². The molecule has 0 aliphatic heterocycles. The Labute approximate surface area is 119 Å². The highest BCUT2D eigenvalue weighted by atomic mass is 32.2. The summed E-state index contributed by atoms with van der Waals surface area (Å²) in [4.78, 5) is 0. The third-order valence-electron chi connectivity index (χ3n) is 3.11. The summed E-state index contributed by atoms with van der Waals surface area (Å²) in [6.45, 7) is 4.69. The lowest BCUT2D eigenvalue weighted by molar-refractivity contribution is 0.0805. The first-order valence-electron chi connectivity index (χ1n) is 6.34. The highest BCUT2D eigenvalue weighted by Crippen LogP contribution is 2.26. The van der Waals surface area contributed by atoms with Gasteiger partial charge < -0.3 is 19.7 Å². The highest BCUT2D eigenvalue weighted by molar-refractivity contribution is 7.93. The SMILES string of the molecule is COc1ccc(C(O)C(C)(C)NCCCSO)cc1. The lowest BCUT2D eigenvalue weighted by Gasteiger charge is -2.32. The van der Waals surface area contributed by atoms with Crippen molar-refractivity contribution in [2.75, 3.05) is 19.4 Å². The number of nitrogens with one attached hydrogen (secondary N) is 1. The van der Waals surface area contributed by atoms with Crippen LogP contribution in [-0.2, 0) is 0 Å². The topological polar surface area (TPSA) is 61.7 Å². The van der Waals surface area contributed by atoms with E-state index in [-0.39, 0.29) is 0 Å². The van der Waals surface area contributed by atoms with Crippen LogP contribution in [0.5, 0.6) is 5.75 Å². The molecule has 0 amide bonds. The summed E-state index contributed by atoms with van der Waals surface area (Å²) in [6.07, 6.45) is 0.264. The van der Waals surface area contributed by atoms with Crippen molar-refractivity contribution in [2.24, 2.45) is 0 Å². The molecule has 0 aliphatic rings. The zero-order valence-corrected chi connectivity index (χ0v) is 12.5. The van der Waals surface area contributed by atoms with E-state index < -0.39 is 11.6 Å². The Morgan fingerprint density at radius 1 is 1.32 bits per heavy atom. The Hall–Kier alpha value is -0.750. The van der Waals surface area contributed by atoms with Crippen LogP contribution < -0.4 is 10.1 Å². The first-order chi connectivity index (χ1) is 9.01. The summed E-state index contributed by atoms with van der Waals surface area (Å²) in [5.74, 6) is 1.48. The first kappa shape index (κ1) is 16.3. The number of ether oxygens (including phenoxy) is 1. The largest absolute Gasteiger partial charge is 0.497 e. The fourth-order valence-electron chi connectivity index (χ4n) is 1.85. The maximum atomic E-state index is 10.4. The molecule has 19 heavy (non-hydrogen) atoms. The van der Waals surface area contributed by atoms with Gasteiger partial charge in [-0.05, 0) is 56.6 Å². The van der Waals surface area contributed by atoms with Crippen LogP contribution in [0.2, 0.25) is 0 Å². The van der Waals surface area contributed by atoms with Crippen LogP contribution >= 0.6 is 12.0 Å². The molecule has 0 radical (unpaired) electrons. The molecule has 0 saturated heterocycles. The van der Waals surface area contributed by atoms with Crippen molar-refractivity contribution in [3.8, 4) is 5.75 Å². The second-order valence-corrected chi connectivity index (χ2v) is 5.68. The average Bonchev–Trinajstić information content (AvgIpc) is 2.43. The molecule has 0 aliphatic carbocycles. The molecule has 1 aromatic rings. The van der Waals surface area contributed by atoms with Crippen molar-refractivity contribution in [3.05, 3.63) is 29.8 Å². The molecule has 0 fully saturated rings. The van der Waals surface area contributed by atoms with Crippen LogP contribution in [0.1, 0.15) is 31.9 Å². The fourth-order valence-corrected chi connectivity index (χ4v) is 2.12. The Bertz CT molecular complexity index is 367. The molecule has 1 unspecified atom stereocenters. The van der Waals surface area contributed by atoms with Crippen LogP contribution in [0.4, 0.5) is 0 Å². The molecule has 3 N–H and O–H groups in total. The highest BCUT2D eigenvalue weighted by Gasteiger charge is 2.28. The minimum Gasteiger partial charge on any atom is -0.497 e. The van der Waals surface area contributed by atoms with E-state index >= 15 is 0 Å². The van der Waals surface area contributed by atoms with Crippen LogP contribution in [0, 0.1) is 0 Å². The smallest absolute Gasteiger partial charge is 0.118 e. The number of methoxy groups -OCH3 is 1. The Kier molecular flexibility index (Phi) is 6.65. The van der Waals surface area contributed by atoms with E-state index in [1.165, 1.54) is 0 Å². The number of rotatable bonds is 8. The Morgan fingerprint density at radius 3 is 2.47 bits per heavy atom. The normalized spacial score (nSPS) is 13.3. The van der Waals surface area contributed by atoms with Gasteiger partial charge in [-0.15, -0.1) is 0 Å². The minimum absolute atomic E-state index is 0.422. The Morgan fingerprint density at radius 2 is 1.95 bits per heavy atom. The number of aliphatic hydroxyl groups excluding tert-OH is 1. The van der Waals surface area contributed by atoms with Gasteiger partial charge in [0.2, 0.25) is 0 Å². The van der Waals surface area contributed by atoms with E-state index in [0.29, 0.717) is 5.75 Å². The lowest BCUT2D eigenvalue weighted by atomic mass is 9.91. The summed E-state index contributed by atoms with van der Waals surface area (Å²) in [7, 11) is 1.62. The van der Waals surface area contributed by atoms with Gasteiger partial charge in [0.1, 0.15) is 5.75 Å². The van der Waals surface area contributed by atoms with Crippen LogP contribution in [-0.4, -0.2) is 34.6 Å². The van der Waals surface area contributed by atoms with Crippen molar-refractivity contribution >= 4 is 12.0 Å². The summed E-state index contributed by atoms with van der Waals surface area (Å²) >= 11 is 0.845. The molecule has 0 aromatic heterocycles. The molecule has 0 bridgehead atoms. The van der Waals surface area contributed by atoms with Crippen molar-refractivity contribution in [1.82, 2.24) is 5.32 Å². The molecule has 0 spiro atoms. The third kappa shape index (κ3) is 5.03. The fraction of sp³-hybridized carbons (Fsp3) is 0.571. The van der Waals surface area contributed by atoms with Crippen molar-refractivity contribution < 1.29 is 14.4 Å². The molecule has 108 valence electrons.